The molecule has 0 bridgehead atoms. The van der Waals surface area contributed by atoms with Crippen molar-refractivity contribution in [2.75, 3.05) is 0 Å². The van der Waals surface area contributed by atoms with E-state index in [1.807, 2.05) is 0 Å². The number of hydrogen-bond acceptors (Lipinski definition) is 2. The fourth-order valence-electron chi connectivity index (χ4n) is 2.57. The molecule has 1 aliphatic carbocycles. The Bertz CT molecular complexity index is 570. The van der Waals surface area contributed by atoms with Crippen LogP contribution in [0, 0.1) is 5.82 Å². The van der Waals surface area contributed by atoms with Crippen molar-refractivity contribution in [3.8, 4) is 0 Å². The van der Waals surface area contributed by atoms with Crippen LogP contribution in [0.4, 0.5) is 4.39 Å². The number of ketones is 1. The molecule has 0 N–H and O–H groups in total. The predicted octanol–water partition coefficient (Wildman–Crippen LogP) is 4.19. The van der Waals surface area contributed by atoms with Crippen molar-refractivity contribution in [3.63, 3.8) is 0 Å². The molecule has 1 aliphatic rings. The topological polar surface area (TPSA) is 17.1 Å². The first-order valence-corrected chi connectivity index (χ1v) is 7.00. The van der Waals surface area contributed by atoms with Crippen LogP contribution in [-0.2, 0) is 6.42 Å². The normalized spacial score (nSPS) is 18.4. The number of carbonyl (C=O) groups is 1. The third-order valence-electron chi connectivity index (χ3n) is 3.50. The molecule has 1 nitrogen and oxygen atoms in total. The van der Waals surface area contributed by atoms with E-state index >= 15 is 0 Å². The lowest BCUT2D eigenvalue weighted by molar-refractivity contribution is 0.0951. The van der Waals surface area contributed by atoms with Gasteiger partial charge >= 0.3 is 0 Å². The Hall–Kier alpha value is -1.48. The molecule has 0 spiro atoms. The molecule has 2 aromatic rings. The van der Waals surface area contributed by atoms with E-state index in [-0.39, 0.29) is 17.5 Å². The van der Waals surface area contributed by atoms with E-state index in [0.29, 0.717) is 5.56 Å². The van der Waals surface area contributed by atoms with Crippen molar-refractivity contribution in [3.05, 3.63) is 57.5 Å². The Morgan fingerprint density at radius 1 is 1.22 bits per heavy atom. The molecule has 0 saturated carbocycles. The van der Waals surface area contributed by atoms with Crippen molar-refractivity contribution in [1.29, 1.82) is 0 Å². The summed E-state index contributed by atoms with van der Waals surface area (Å²) in [7, 11) is 0. The molecule has 1 heterocycles. The van der Waals surface area contributed by atoms with E-state index in [2.05, 4.69) is 11.4 Å². The van der Waals surface area contributed by atoms with Gasteiger partial charge in [0.15, 0.2) is 5.78 Å². The molecule has 1 aromatic heterocycles. The highest BCUT2D eigenvalue weighted by atomic mass is 32.1. The van der Waals surface area contributed by atoms with Gasteiger partial charge in [-0.25, -0.2) is 4.39 Å². The molecule has 1 unspecified atom stereocenters. The average molecular weight is 260 g/mol. The molecule has 1 aromatic carbocycles. The summed E-state index contributed by atoms with van der Waals surface area (Å²) in [4.78, 5) is 13.8. The third-order valence-corrected chi connectivity index (χ3v) is 4.49. The van der Waals surface area contributed by atoms with Gasteiger partial charge < -0.3 is 0 Å². The first-order valence-electron chi connectivity index (χ1n) is 6.12. The number of Topliss-reactive ketones (excluding diaryl/α,β-unsaturated/α-hetero) is 1. The molecule has 0 amide bonds. The van der Waals surface area contributed by atoms with Gasteiger partial charge in [0.2, 0.25) is 0 Å². The molecule has 3 rings (SSSR count). The maximum absolute atomic E-state index is 12.9. The molecule has 18 heavy (non-hydrogen) atoms. The fraction of sp³-hybridized carbons (Fsp3) is 0.267. The summed E-state index contributed by atoms with van der Waals surface area (Å²) in [6.45, 7) is 0. The van der Waals surface area contributed by atoms with Crippen LogP contribution in [0.2, 0.25) is 0 Å². The van der Waals surface area contributed by atoms with E-state index < -0.39 is 0 Å². The Morgan fingerprint density at radius 2 is 2.00 bits per heavy atom. The minimum atomic E-state index is -0.300. The first kappa shape index (κ1) is 11.6. The highest BCUT2D eigenvalue weighted by Crippen LogP contribution is 2.36. The van der Waals surface area contributed by atoms with Gasteiger partial charge in [-0.05, 0) is 60.5 Å². The van der Waals surface area contributed by atoms with Crippen molar-refractivity contribution < 1.29 is 9.18 Å². The van der Waals surface area contributed by atoms with Gasteiger partial charge in [-0.1, -0.05) is 0 Å². The largest absolute Gasteiger partial charge is 0.293 e. The van der Waals surface area contributed by atoms with Crippen molar-refractivity contribution in [2.24, 2.45) is 0 Å². The lowest BCUT2D eigenvalue weighted by Gasteiger charge is -2.21. The van der Waals surface area contributed by atoms with Crippen molar-refractivity contribution in [1.82, 2.24) is 0 Å². The van der Waals surface area contributed by atoms with Gasteiger partial charge in [0.05, 0.1) is 0 Å². The van der Waals surface area contributed by atoms with Crippen LogP contribution in [-0.4, -0.2) is 5.78 Å². The molecular formula is C15H13FOS. The zero-order valence-corrected chi connectivity index (χ0v) is 10.7. The second-order valence-corrected chi connectivity index (χ2v) is 5.62. The zero-order valence-electron chi connectivity index (χ0n) is 9.86. The van der Waals surface area contributed by atoms with Gasteiger partial charge in [-0.3, -0.25) is 4.79 Å². The number of thiophene rings is 1. The minimum Gasteiger partial charge on any atom is -0.293 e. The molecule has 0 aliphatic heterocycles. The number of rotatable bonds is 2. The number of fused-ring (bicyclic) bond motifs is 1. The fourth-order valence-corrected chi connectivity index (χ4v) is 3.56. The summed E-state index contributed by atoms with van der Waals surface area (Å²) >= 11 is 1.73. The van der Waals surface area contributed by atoms with E-state index in [1.54, 1.807) is 23.5 Å². The Morgan fingerprint density at radius 3 is 2.78 bits per heavy atom. The maximum Gasteiger partial charge on any atom is 0.170 e. The predicted molar refractivity (Wildman–Crippen MR) is 70.7 cm³/mol. The van der Waals surface area contributed by atoms with Gasteiger partial charge in [-0.2, -0.15) is 0 Å². The Balaban J connectivity index is 1.93. The monoisotopic (exact) mass is 260 g/mol. The number of carbonyl (C=O) groups excluding carboxylic acids is 1. The van der Waals surface area contributed by atoms with Crippen LogP contribution in [0.1, 0.15) is 39.6 Å². The van der Waals surface area contributed by atoms with E-state index in [9.17, 15) is 9.18 Å². The van der Waals surface area contributed by atoms with Gasteiger partial charge in [0.25, 0.3) is 0 Å². The van der Waals surface area contributed by atoms with E-state index in [0.717, 1.165) is 19.3 Å². The van der Waals surface area contributed by atoms with Crippen LogP contribution in [0.5, 0.6) is 0 Å². The number of hydrogen-bond donors (Lipinski definition) is 0. The second kappa shape index (κ2) is 4.65. The molecule has 92 valence electrons. The van der Waals surface area contributed by atoms with Gasteiger partial charge in [0, 0.05) is 16.4 Å². The number of aryl methyl sites for hydroxylation is 1. The summed E-state index contributed by atoms with van der Waals surface area (Å²) in [6, 6.07) is 7.93. The first-order chi connectivity index (χ1) is 8.75. The molecule has 0 radical (unpaired) electrons. The van der Waals surface area contributed by atoms with Gasteiger partial charge in [-0.15, -0.1) is 11.3 Å². The third kappa shape index (κ3) is 1.99. The standard InChI is InChI=1S/C15H13FOS/c16-11-6-4-10(5-7-11)15(17)13-2-1-3-14-12(13)8-9-18-14/h4-9,13H,1-3H2. The van der Waals surface area contributed by atoms with Crippen LogP contribution in [0.25, 0.3) is 0 Å². The highest BCUT2D eigenvalue weighted by Gasteiger charge is 2.27. The molecule has 0 saturated heterocycles. The lowest BCUT2D eigenvalue weighted by atomic mass is 9.82. The number of benzene rings is 1. The van der Waals surface area contributed by atoms with Crippen LogP contribution >= 0.6 is 11.3 Å². The zero-order chi connectivity index (χ0) is 12.5. The SMILES string of the molecule is O=C(c1ccc(F)cc1)C1CCCc2sccc21. The van der Waals surface area contributed by atoms with Crippen molar-refractivity contribution in [2.45, 2.75) is 25.2 Å². The maximum atomic E-state index is 12.9. The molecule has 1 atom stereocenters. The van der Waals surface area contributed by atoms with Crippen LogP contribution in [0.15, 0.2) is 35.7 Å². The number of halogens is 1. The second-order valence-electron chi connectivity index (χ2n) is 4.62. The van der Waals surface area contributed by atoms with E-state index in [1.165, 1.54) is 22.6 Å². The van der Waals surface area contributed by atoms with Crippen LogP contribution in [0.3, 0.4) is 0 Å². The molecule has 3 heteroatoms. The average Bonchev–Trinajstić information content (AvgIpc) is 2.87. The Labute approximate surface area is 109 Å². The molecule has 0 fully saturated rings. The van der Waals surface area contributed by atoms with E-state index in [4.69, 9.17) is 0 Å². The van der Waals surface area contributed by atoms with Crippen LogP contribution < -0.4 is 0 Å². The summed E-state index contributed by atoms with van der Waals surface area (Å²) in [5, 5.41) is 2.06. The summed E-state index contributed by atoms with van der Waals surface area (Å²) < 4.78 is 12.9. The summed E-state index contributed by atoms with van der Waals surface area (Å²) in [6.07, 6.45) is 3.05. The highest BCUT2D eigenvalue weighted by molar-refractivity contribution is 7.10. The van der Waals surface area contributed by atoms with Gasteiger partial charge in [0.1, 0.15) is 5.82 Å². The lowest BCUT2D eigenvalue weighted by Crippen LogP contribution is -2.17. The quantitative estimate of drug-likeness (QED) is 0.740. The summed E-state index contributed by atoms with van der Waals surface area (Å²) in [5.41, 5.74) is 1.79. The minimum absolute atomic E-state index is 0.0366. The summed E-state index contributed by atoms with van der Waals surface area (Å²) in [5.74, 6) is -0.216. The van der Waals surface area contributed by atoms with Crippen molar-refractivity contribution >= 4 is 17.1 Å². The molecular weight excluding hydrogens is 247 g/mol. The smallest absolute Gasteiger partial charge is 0.170 e. The Kier molecular flexibility index (Phi) is 3.00.